The quantitative estimate of drug-likeness (QED) is 0.281. The first-order valence-electron chi connectivity index (χ1n) is 5.03. The van der Waals surface area contributed by atoms with Crippen molar-refractivity contribution in [2.45, 2.75) is 25.7 Å². The minimum Gasteiger partial charge on any atom is -0.355 e. The van der Waals surface area contributed by atoms with Crippen molar-refractivity contribution >= 4 is 26.4 Å². The summed E-state index contributed by atoms with van der Waals surface area (Å²) in [5.41, 5.74) is 0. The molecule has 0 saturated carbocycles. The van der Waals surface area contributed by atoms with E-state index >= 15 is 0 Å². The normalized spacial score (nSPS) is 11.4. The van der Waals surface area contributed by atoms with Crippen molar-refractivity contribution in [1.29, 1.82) is 0 Å². The van der Waals surface area contributed by atoms with Gasteiger partial charge in [-0.05, 0) is 12.8 Å². The van der Waals surface area contributed by atoms with E-state index in [2.05, 4.69) is 22.5 Å². The van der Waals surface area contributed by atoms with E-state index in [4.69, 9.17) is 9.79 Å². The zero-order valence-corrected chi connectivity index (χ0v) is 10.8. The highest BCUT2D eigenvalue weighted by molar-refractivity contribution is 7.81. The van der Waals surface area contributed by atoms with Crippen LogP contribution in [0.3, 0.4) is 0 Å². The van der Waals surface area contributed by atoms with Gasteiger partial charge in [-0.3, -0.25) is 9.32 Å². The standard InChI is InChI=1S/C8H18NO5PS/c10-8(7-16)9-5-3-1-2-4-6-14-15(11,12)13/h16H,1-7H2,(H,9,10)(H2,11,12,13). The highest BCUT2D eigenvalue weighted by Gasteiger charge is 2.12. The number of hydrogen-bond acceptors (Lipinski definition) is 4. The minimum absolute atomic E-state index is 0.0628. The van der Waals surface area contributed by atoms with Crippen LogP contribution in [0.1, 0.15) is 25.7 Å². The van der Waals surface area contributed by atoms with Gasteiger partial charge >= 0.3 is 7.82 Å². The zero-order chi connectivity index (χ0) is 12.4. The Balaban J connectivity index is 3.16. The monoisotopic (exact) mass is 271 g/mol. The minimum atomic E-state index is -4.31. The average molecular weight is 271 g/mol. The predicted molar refractivity (Wildman–Crippen MR) is 63.3 cm³/mol. The lowest BCUT2D eigenvalue weighted by molar-refractivity contribution is -0.118. The van der Waals surface area contributed by atoms with E-state index in [1.54, 1.807) is 0 Å². The van der Waals surface area contributed by atoms with Crippen LogP contribution in [0.15, 0.2) is 0 Å². The van der Waals surface area contributed by atoms with Crippen LogP contribution in [0, 0.1) is 0 Å². The second-order valence-electron chi connectivity index (χ2n) is 3.25. The molecule has 96 valence electrons. The van der Waals surface area contributed by atoms with E-state index in [0.717, 1.165) is 19.3 Å². The molecule has 8 heteroatoms. The molecule has 0 aliphatic rings. The number of carbonyl (C=O) groups is 1. The molecule has 0 aromatic heterocycles. The molecule has 0 aliphatic heterocycles. The number of phosphoric acid groups is 1. The second-order valence-corrected chi connectivity index (χ2v) is 4.80. The lowest BCUT2D eigenvalue weighted by atomic mass is 10.2. The summed E-state index contributed by atoms with van der Waals surface area (Å²) in [6.07, 6.45) is 3.15. The fraction of sp³-hybridized carbons (Fsp3) is 0.875. The molecule has 0 fully saturated rings. The zero-order valence-electron chi connectivity index (χ0n) is 8.96. The van der Waals surface area contributed by atoms with Crippen molar-refractivity contribution in [3.05, 3.63) is 0 Å². The average Bonchev–Trinajstić information content (AvgIpc) is 2.20. The van der Waals surface area contributed by atoms with Crippen LogP contribution >= 0.6 is 20.5 Å². The third-order valence-electron chi connectivity index (χ3n) is 1.80. The maximum absolute atomic E-state index is 10.8. The van der Waals surface area contributed by atoms with Crippen LogP contribution in [-0.4, -0.2) is 34.6 Å². The molecule has 0 bridgehead atoms. The van der Waals surface area contributed by atoms with E-state index in [0.29, 0.717) is 13.0 Å². The Morgan fingerprint density at radius 3 is 2.44 bits per heavy atom. The number of unbranched alkanes of at least 4 members (excludes halogenated alkanes) is 3. The van der Waals surface area contributed by atoms with Gasteiger partial charge in [0, 0.05) is 6.54 Å². The Hall–Kier alpha value is -0.0700. The van der Waals surface area contributed by atoms with Crippen LogP contribution in [0.2, 0.25) is 0 Å². The maximum atomic E-state index is 10.8. The van der Waals surface area contributed by atoms with Crippen molar-refractivity contribution in [2.24, 2.45) is 0 Å². The molecule has 0 unspecified atom stereocenters. The smallest absolute Gasteiger partial charge is 0.355 e. The van der Waals surface area contributed by atoms with Gasteiger partial charge in [0.15, 0.2) is 0 Å². The summed E-state index contributed by atoms with van der Waals surface area (Å²) in [6, 6.07) is 0. The molecule has 3 N–H and O–H groups in total. The van der Waals surface area contributed by atoms with Gasteiger partial charge in [-0.25, -0.2) is 4.57 Å². The van der Waals surface area contributed by atoms with E-state index in [-0.39, 0.29) is 18.3 Å². The van der Waals surface area contributed by atoms with Crippen molar-refractivity contribution in [2.75, 3.05) is 18.9 Å². The lowest BCUT2D eigenvalue weighted by Gasteiger charge is -2.05. The maximum Gasteiger partial charge on any atom is 0.469 e. The molecule has 0 aliphatic carbocycles. The molecule has 0 heterocycles. The van der Waals surface area contributed by atoms with Gasteiger partial charge in [-0.15, -0.1) is 0 Å². The van der Waals surface area contributed by atoms with Crippen LogP contribution in [-0.2, 0) is 13.9 Å². The van der Waals surface area contributed by atoms with Crippen molar-refractivity contribution < 1.29 is 23.7 Å². The topological polar surface area (TPSA) is 95.9 Å². The van der Waals surface area contributed by atoms with E-state index in [9.17, 15) is 9.36 Å². The van der Waals surface area contributed by atoms with Crippen molar-refractivity contribution in [1.82, 2.24) is 5.32 Å². The first kappa shape index (κ1) is 15.9. The molecule has 1 amide bonds. The molecule has 0 aromatic carbocycles. The summed E-state index contributed by atoms with van der Waals surface area (Å²) in [4.78, 5) is 27.5. The van der Waals surface area contributed by atoms with Gasteiger partial charge in [0.2, 0.25) is 5.91 Å². The summed E-state index contributed by atoms with van der Waals surface area (Å²) < 4.78 is 14.6. The Kier molecular flexibility index (Phi) is 8.97. The molecule has 0 saturated heterocycles. The molecule has 0 aromatic rings. The van der Waals surface area contributed by atoms with Gasteiger partial charge in [-0.2, -0.15) is 12.6 Å². The fourth-order valence-corrected chi connectivity index (χ4v) is 1.53. The highest BCUT2D eigenvalue weighted by atomic mass is 32.1. The number of nitrogens with one attached hydrogen (secondary N) is 1. The summed E-state index contributed by atoms with van der Waals surface area (Å²) in [5.74, 6) is 0.101. The highest BCUT2D eigenvalue weighted by Crippen LogP contribution is 2.35. The summed E-state index contributed by atoms with van der Waals surface area (Å²) >= 11 is 3.81. The lowest BCUT2D eigenvalue weighted by Crippen LogP contribution is -2.25. The molecule has 0 rings (SSSR count). The number of amides is 1. The van der Waals surface area contributed by atoms with Crippen molar-refractivity contribution in [3.63, 3.8) is 0 Å². The van der Waals surface area contributed by atoms with E-state index in [1.165, 1.54) is 0 Å². The van der Waals surface area contributed by atoms with Gasteiger partial charge in [-0.1, -0.05) is 12.8 Å². The summed E-state index contributed by atoms with van der Waals surface area (Å²) in [5, 5.41) is 2.68. The number of carbonyl (C=O) groups excluding carboxylic acids is 1. The molecular weight excluding hydrogens is 253 g/mol. The first-order valence-corrected chi connectivity index (χ1v) is 7.19. The Labute approximate surface area is 100 Å². The predicted octanol–water partition coefficient (Wildman–Crippen LogP) is 0.702. The molecular formula is C8H18NO5PS. The van der Waals surface area contributed by atoms with Crippen molar-refractivity contribution in [3.8, 4) is 0 Å². The molecule has 6 nitrogen and oxygen atoms in total. The van der Waals surface area contributed by atoms with E-state index in [1.807, 2.05) is 0 Å². The Morgan fingerprint density at radius 2 is 1.88 bits per heavy atom. The third-order valence-corrected chi connectivity index (χ3v) is 2.60. The van der Waals surface area contributed by atoms with Gasteiger partial charge in [0.05, 0.1) is 12.4 Å². The largest absolute Gasteiger partial charge is 0.469 e. The van der Waals surface area contributed by atoms with Crippen LogP contribution in [0.5, 0.6) is 0 Å². The summed E-state index contributed by atoms with van der Waals surface area (Å²) in [6.45, 7) is 0.673. The molecule has 16 heavy (non-hydrogen) atoms. The molecule has 0 radical (unpaired) electrons. The van der Waals surface area contributed by atoms with Crippen LogP contribution in [0.4, 0.5) is 0 Å². The Morgan fingerprint density at radius 1 is 1.25 bits per heavy atom. The van der Waals surface area contributed by atoms with Crippen LogP contribution in [0.25, 0.3) is 0 Å². The van der Waals surface area contributed by atoms with Gasteiger partial charge in [0.1, 0.15) is 0 Å². The van der Waals surface area contributed by atoms with Crippen LogP contribution < -0.4 is 5.32 Å². The van der Waals surface area contributed by atoms with Gasteiger partial charge in [0.25, 0.3) is 0 Å². The summed E-state index contributed by atoms with van der Waals surface area (Å²) in [7, 11) is -4.31. The number of hydrogen-bond donors (Lipinski definition) is 4. The number of rotatable bonds is 9. The number of thiol groups is 1. The fourth-order valence-electron chi connectivity index (χ4n) is 1.05. The second kappa shape index (κ2) is 9.01. The molecule has 0 spiro atoms. The third kappa shape index (κ3) is 12.0. The molecule has 0 atom stereocenters. The first-order chi connectivity index (χ1) is 7.45. The SMILES string of the molecule is O=C(CS)NCCCCCCOP(=O)(O)O. The van der Waals surface area contributed by atoms with Gasteiger partial charge < -0.3 is 15.1 Å². The number of phosphoric ester groups is 1. The Bertz CT molecular complexity index is 245. The van der Waals surface area contributed by atoms with E-state index < -0.39 is 7.82 Å².